The van der Waals surface area contributed by atoms with Gasteiger partial charge in [0, 0.05) is 0 Å². The Morgan fingerprint density at radius 3 is 1.83 bits per heavy atom. The van der Waals surface area contributed by atoms with E-state index in [9.17, 15) is 0 Å². The molecule has 0 aromatic rings. The van der Waals surface area contributed by atoms with Crippen molar-refractivity contribution in [2.75, 3.05) is 6.16 Å². The Morgan fingerprint density at radius 1 is 1.67 bits per heavy atom. The first-order chi connectivity index (χ1) is 2.56. The van der Waals surface area contributed by atoms with Crippen LogP contribution < -0.4 is 0 Å². The zero-order valence-electron chi connectivity index (χ0n) is 3.43. The minimum atomic E-state index is -2.92. The molecular formula is C2H7ClO2P+. The molecule has 0 aromatic heterocycles. The van der Waals surface area contributed by atoms with Crippen LogP contribution in [-0.2, 0) is 0 Å². The molecule has 0 saturated heterocycles. The highest BCUT2D eigenvalue weighted by Gasteiger charge is 2.25. The number of hydrogen-bond donors (Lipinski definition) is 2. The largest absolute Gasteiger partial charge is 0.365 e. The quantitative estimate of drug-likeness (QED) is 0.519. The molecule has 0 aromatic carbocycles. The number of halogens is 1. The van der Waals surface area contributed by atoms with Gasteiger partial charge in [0.2, 0.25) is 0 Å². The minimum absolute atomic E-state index is 0.258. The maximum atomic E-state index is 8.26. The fourth-order valence-electron chi connectivity index (χ4n) is 0. The standard InChI is InChI=1S/C2H7ClO2P/c1-2-6(3,4)5/h4-5H,2H2,1H3/q+1. The molecule has 38 valence electrons. The molecular weight excluding hydrogens is 122 g/mol. The van der Waals surface area contributed by atoms with Gasteiger partial charge in [-0.15, -0.1) is 0 Å². The van der Waals surface area contributed by atoms with Crippen molar-refractivity contribution in [3.05, 3.63) is 0 Å². The summed E-state index contributed by atoms with van der Waals surface area (Å²) in [6.45, 7) is 1.63. The normalized spacial score (nSPS) is 12.0. The highest BCUT2D eigenvalue weighted by atomic mass is 35.7. The minimum Gasteiger partial charge on any atom is -0.203 e. The summed E-state index contributed by atoms with van der Waals surface area (Å²) in [4.78, 5) is 16.5. The summed E-state index contributed by atoms with van der Waals surface area (Å²) in [5.74, 6) is 0. The molecule has 0 bridgehead atoms. The molecule has 6 heavy (non-hydrogen) atoms. The molecule has 0 aliphatic carbocycles. The second kappa shape index (κ2) is 2.08. The third-order valence-corrected chi connectivity index (χ3v) is 1.92. The summed E-state index contributed by atoms with van der Waals surface area (Å²) < 4.78 is 0. The second-order valence-electron chi connectivity index (χ2n) is 0.959. The predicted molar refractivity (Wildman–Crippen MR) is 27.8 cm³/mol. The van der Waals surface area contributed by atoms with Crippen molar-refractivity contribution in [2.45, 2.75) is 6.92 Å². The first kappa shape index (κ1) is 6.64. The molecule has 0 aliphatic heterocycles. The van der Waals surface area contributed by atoms with Gasteiger partial charge in [0.1, 0.15) is 6.16 Å². The number of rotatable bonds is 1. The van der Waals surface area contributed by atoms with Gasteiger partial charge in [-0.2, -0.15) is 0 Å². The van der Waals surface area contributed by atoms with Crippen LogP contribution in [0.5, 0.6) is 0 Å². The molecule has 4 heteroatoms. The third kappa shape index (κ3) is 4.64. The third-order valence-electron chi connectivity index (χ3n) is 0.402. The summed E-state index contributed by atoms with van der Waals surface area (Å²) in [5.41, 5.74) is 0. The van der Waals surface area contributed by atoms with Gasteiger partial charge >= 0.3 is 7.07 Å². The van der Waals surface area contributed by atoms with E-state index in [4.69, 9.17) is 21.0 Å². The van der Waals surface area contributed by atoms with Crippen LogP contribution >= 0.6 is 18.3 Å². The summed E-state index contributed by atoms with van der Waals surface area (Å²) >= 11 is 4.94. The molecule has 0 saturated carbocycles. The summed E-state index contributed by atoms with van der Waals surface area (Å²) in [6, 6.07) is 0. The summed E-state index contributed by atoms with van der Waals surface area (Å²) in [7, 11) is -2.92. The average molecular weight is 130 g/mol. The predicted octanol–water partition coefficient (Wildman–Crippen LogP) is 0.992. The highest BCUT2D eigenvalue weighted by molar-refractivity contribution is 7.90. The van der Waals surface area contributed by atoms with Crippen molar-refractivity contribution < 1.29 is 9.79 Å². The Hall–Kier alpha value is 0.640. The van der Waals surface area contributed by atoms with Crippen LogP contribution in [0.4, 0.5) is 0 Å². The van der Waals surface area contributed by atoms with E-state index in [1.54, 1.807) is 6.92 Å². The zero-order chi connectivity index (χ0) is 5.21. The Labute approximate surface area is 42.0 Å². The Kier molecular flexibility index (Phi) is 2.30. The summed E-state index contributed by atoms with van der Waals surface area (Å²) in [5, 5.41) is 0. The van der Waals surface area contributed by atoms with Gasteiger partial charge in [0.15, 0.2) is 11.2 Å². The fourth-order valence-corrected chi connectivity index (χ4v) is 0. The lowest BCUT2D eigenvalue weighted by Crippen LogP contribution is -1.79. The van der Waals surface area contributed by atoms with Crippen molar-refractivity contribution in [2.24, 2.45) is 0 Å². The molecule has 0 fully saturated rings. The van der Waals surface area contributed by atoms with Crippen molar-refractivity contribution in [3.63, 3.8) is 0 Å². The molecule has 0 aliphatic rings. The van der Waals surface area contributed by atoms with E-state index in [-0.39, 0.29) is 6.16 Å². The van der Waals surface area contributed by atoms with E-state index >= 15 is 0 Å². The van der Waals surface area contributed by atoms with Gasteiger partial charge in [-0.25, -0.2) is 9.79 Å². The van der Waals surface area contributed by atoms with E-state index in [0.29, 0.717) is 0 Å². The molecule has 0 amide bonds. The molecule has 2 N–H and O–H groups in total. The van der Waals surface area contributed by atoms with Crippen molar-refractivity contribution >= 4 is 18.3 Å². The van der Waals surface area contributed by atoms with Gasteiger partial charge in [-0.05, 0) is 6.92 Å². The first-order valence-electron chi connectivity index (χ1n) is 1.59. The highest BCUT2D eigenvalue weighted by Crippen LogP contribution is 2.54. The van der Waals surface area contributed by atoms with Crippen LogP contribution in [0.2, 0.25) is 0 Å². The van der Waals surface area contributed by atoms with Gasteiger partial charge < -0.3 is 0 Å². The maximum absolute atomic E-state index is 8.26. The van der Waals surface area contributed by atoms with E-state index < -0.39 is 7.07 Å². The molecule has 0 unspecified atom stereocenters. The van der Waals surface area contributed by atoms with Crippen molar-refractivity contribution in [3.8, 4) is 0 Å². The lowest BCUT2D eigenvalue weighted by Gasteiger charge is -1.93. The van der Waals surface area contributed by atoms with E-state index in [2.05, 4.69) is 0 Å². The van der Waals surface area contributed by atoms with Gasteiger partial charge in [-0.1, -0.05) is 0 Å². The van der Waals surface area contributed by atoms with E-state index in [0.717, 1.165) is 0 Å². The van der Waals surface area contributed by atoms with Crippen LogP contribution in [0.15, 0.2) is 0 Å². The van der Waals surface area contributed by atoms with E-state index in [1.807, 2.05) is 0 Å². The Bertz CT molecular complexity index is 41.3. The lowest BCUT2D eigenvalue weighted by atomic mass is 11.0. The van der Waals surface area contributed by atoms with E-state index in [1.165, 1.54) is 0 Å². The molecule has 0 atom stereocenters. The molecule has 0 rings (SSSR count). The van der Waals surface area contributed by atoms with Crippen molar-refractivity contribution in [1.82, 2.24) is 0 Å². The monoisotopic (exact) mass is 129 g/mol. The van der Waals surface area contributed by atoms with Crippen LogP contribution in [0, 0.1) is 0 Å². The average Bonchev–Trinajstić information content (AvgIpc) is 1.35. The molecule has 0 heterocycles. The fraction of sp³-hybridized carbons (Fsp3) is 1.00. The van der Waals surface area contributed by atoms with Crippen molar-refractivity contribution in [1.29, 1.82) is 0 Å². The van der Waals surface area contributed by atoms with Gasteiger partial charge in [0.05, 0.1) is 0 Å². The SMILES string of the molecule is CC[P+](O)(O)Cl. The van der Waals surface area contributed by atoms with Crippen LogP contribution in [0.1, 0.15) is 6.92 Å². The Balaban J connectivity index is 3.17. The second-order valence-corrected chi connectivity index (χ2v) is 4.50. The smallest absolute Gasteiger partial charge is 0.203 e. The van der Waals surface area contributed by atoms with Gasteiger partial charge in [-0.3, -0.25) is 0 Å². The lowest BCUT2D eigenvalue weighted by molar-refractivity contribution is 0.474. The Morgan fingerprint density at radius 2 is 1.83 bits per heavy atom. The molecule has 0 spiro atoms. The van der Waals surface area contributed by atoms with Gasteiger partial charge in [0.25, 0.3) is 0 Å². The summed E-state index contributed by atoms with van der Waals surface area (Å²) in [6.07, 6.45) is 0.258. The molecule has 0 radical (unpaired) electrons. The molecule has 2 nitrogen and oxygen atoms in total. The van der Waals surface area contributed by atoms with Crippen LogP contribution in [0.3, 0.4) is 0 Å². The zero-order valence-corrected chi connectivity index (χ0v) is 5.08. The number of hydrogen-bond acceptors (Lipinski definition) is 2. The first-order valence-corrected chi connectivity index (χ1v) is 4.38. The van der Waals surface area contributed by atoms with Crippen LogP contribution in [0.25, 0.3) is 0 Å². The van der Waals surface area contributed by atoms with Crippen LogP contribution in [-0.4, -0.2) is 15.9 Å². The maximum Gasteiger partial charge on any atom is 0.365 e. The topological polar surface area (TPSA) is 40.5 Å².